The number of amides is 1. The van der Waals surface area contributed by atoms with E-state index in [9.17, 15) is 19.7 Å². The molecule has 3 rings (SSSR count). The van der Waals surface area contributed by atoms with Gasteiger partial charge in [0.25, 0.3) is 11.6 Å². The molecule has 29 heavy (non-hydrogen) atoms. The van der Waals surface area contributed by atoms with Crippen LogP contribution in [-0.2, 0) is 20.9 Å². The van der Waals surface area contributed by atoms with Gasteiger partial charge in [-0.3, -0.25) is 14.9 Å². The van der Waals surface area contributed by atoms with Gasteiger partial charge in [-0.1, -0.05) is 42.0 Å². The summed E-state index contributed by atoms with van der Waals surface area (Å²) in [6.07, 6.45) is 1.38. The lowest BCUT2D eigenvalue weighted by Crippen LogP contribution is -2.24. The SMILES string of the molecule is COC(=O)C1=C(C)N(Cc2ccc(C)cc2)C(=O)/C1=C\c1ccccc1[N+](=O)[O-]. The van der Waals surface area contributed by atoms with E-state index in [1.165, 1.54) is 30.2 Å². The van der Waals surface area contributed by atoms with Crippen molar-refractivity contribution in [2.24, 2.45) is 0 Å². The van der Waals surface area contributed by atoms with Gasteiger partial charge in [-0.15, -0.1) is 0 Å². The van der Waals surface area contributed by atoms with Crippen LogP contribution in [0.3, 0.4) is 0 Å². The number of rotatable bonds is 5. The zero-order valence-electron chi connectivity index (χ0n) is 16.3. The summed E-state index contributed by atoms with van der Waals surface area (Å²) in [5.74, 6) is -1.06. The Hall–Kier alpha value is -3.74. The van der Waals surface area contributed by atoms with Crippen LogP contribution in [0.4, 0.5) is 5.69 Å². The number of carbonyl (C=O) groups is 2. The maximum Gasteiger partial charge on any atom is 0.340 e. The van der Waals surface area contributed by atoms with Gasteiger partial charge in [0.15, 0.2) is 0 Å². The number of nitrogens with zero attached hydrogens (tertiary/aromatic N) is 2. The Morgan fingerprint density at radius 2 is 1.79 bits per heavy atom. The quantitative estimate of drug-likeness (QED) is 0.334. The van der Waals surface area contributed by atoms with Crippen molar-refractivity contribution >= 4 is 23.6 Å². The number of nitro groups is 1. The molecule has 0 bridgehead atoms. The molecule has 0 aromatic heterocycles. The van der Waals surface area contributed by atoms with Crippen LogP contribution in [0.2, 0.25) is 0 Å². The number of esters is 1. The fourth-order valence-corrected chi connectivity index (χ4v) is 3.23. The lowest BCUT2D eigenvalue weighted by molar-refractivity contribution is -0.385. The molecule has 7 heteroatoms. The Morgan fingerprint density at radius 3 is 2.41 bits per heavy atom. The first-order valence-corrected chi connectivity index (χ1v) is 8.95. The summed E-state index contributed by atoms with van der Waals surface area (Å²) in [7, 11) is 1.23. The number of aryl methyl sites for hydroxylation is 1. The zero-order chi connectivity index (χ0) is 21.1. The lowest BCUT2D eigenvalue weighted by Gasteiger charge is -2.18. The highest BCUT2D eigenvalue weighted by molar-refractivity contribution is 6.16. The Balaban J connectivity index is 2.07. The summed E-state index contributed by atoms with van der Waals surface area (Å²) in [5.41, 5.74) is 2.74. The largest absolute Gasteiger partial charge is 0.465 e. The van der Waals surface area contributed by atoms with E-state index >= 15 is 0 Å². The van der Waals surface area contributed by atoms with Gasteiger partial charge in [-0.05, 0) is 31.6 Å². The Bertz CT molecular complexity index is 1050. The van der Waals surface area contributed by atoms with Crippen LogP contribution in [0.1, 0.15) is 23.6 Å². The third-order valence-corrected chi connectivity index (χ3v) is 4.80. The highest BCUT2D eigenvalue weighted by Gasteiger charge is 2.37. The third kappa shape index (κ3) is 3.94. The van der Waals surface area contributed by atoms with Gasteiger partial charge >= 0.3 is 5.97 Å². The number of allylic oxidation sites excluding steroid dienone is 1. The number of benzene rings is 2. The van der Waals surface area contributed by atoms with Crippen LogP contribution in [0.25, 0.3) is 6.08 Å². The van der Waals surface area contributed by atoms with E-state index in [0.29, 0.717) is 5.70 Å². The second-order valence-electron chi connectivity index (χ2n) is 6.70. The van der Waals surface area contributed by atoms with Crippen molar-refractivity contribution in [3.8, 4) is 0 Å². The Kier molecular flexibility index (Phi) is 5.59. The molecule has 0 atom stereocenters. The van der Waals surface area contributed by atoms with Crippen molar-refractivity contribution in [2.45, 2.75) is 20.4 Å². The molecule has 0 fully saturated rings. The van der Waals surface area contributed by atoms with Crippen molar-refractivity contribution in [3.63, 3.8) is 0 Å². The van der Waals surface area contributed by atoms with Crippen LogP contribution >= 0.6 is 0 Å². The molecule has 1 amide bonds. The standard InChI is InChI=1S/C22H20N2O5/c1-14-8-10-16(11-9-14)13-23-15(2)20(22(26)29-3)18(21(23)25)12-17-6-4-5-7-19(17)24(27)28/h4-12H,13H2,1-3H3/b18-12-. The fraction of sp³-hybridized carbons (Fsp3) is 0.182. The highest BCUT2D eigenvalue weighted by Crippen LogP contribution is 2.34. The molecule has 1 aliphatic rings. The number of ether oxygens (including phenoxy) is 1. The van der Waals surface area contributed by atoms with E-state index in [1.807, 2.05) is 31.2 Å². The molecule has 1 heterocycles. The average Bonchev–Trinajstić information content (AvgIpc) is 2.93. The summed E-state index contributed by atoms with van der Waals surface area (Å²) >= 11 is 0. The first-order chi connectivity index (χ1) is 13.8. The fourth-order valence-electron chi connectivity index (χ4n) is 3.23. The van der Waals surface area contributed by atoms with Crippen LogP contribution < -0.4 is 0 Å². The third-order valence-electron chi connectivity index (χ3n) is 4.80. The van der Waals surface area contributed by atoms with E-state index < -0.39 is 16.8 Å². The van der Waals surface area contributed by atoms with Crippen molar-refractivity contribution in [1.29, 1.82) is 0 Å². The van der Waals surface area contributed by atoms with Crippen LogP contribution in [-0.4, -0.2) is 28.8 Å². The van der Waals surface area contributed by atoms with Crippen LogP contribution in [0.5, 0.6) is 0 Å². The highest BCUT2D eigenvalue weighted by atomic mass is 16.6. The van der Waals surface area contributed by atoms with E-state index in [0.717, 1.165) is 11.1 Å². The molecule has 1 aliphatic heterocycles. The second kappa shape index (κ2) is 8.10. The van der Waals surface area contributed by atoms with Crippen molar-refractivity contribution in [2.75, 3.05) is 7.11 Å². The van der Waals surface area contributed by atoms with Gasteiger partial charge < -0.3 is 9.64 Å². The predicted molar refractivity (Wildman–Crippen MR) is 108 cm³/mol. The van der Waals surface area contributed by atoms with E-state index in [-0.39, 0.29) is 28.9 Å². The molecule has 0 N–H and O–H groups in total. The minimum atomic E-state index is -0.660. The minimum absolute atomic E-state index is 0.0794. The number of nitro benzene ring substituents is 1. The topological polar surface area (TPSA) is 89.8 Å². The maximum atomic E-state index is 13.1. The van der Waals surface area contributed by atoms with E-state index in [2.05, 4.69) is 0 Å². The lowest BCUT2D eigenvalue weighted by atomic mass is 10.0. The Morgan fingerprint density at radius 1 is 1.14 bits per heavy atom. The van der Waals surface area contributed by atoms with Gasteiger partial charge in [-0.25, -0.2) is 4.79 Å². The summed E-state index contributed by atoms with van der Waals surface area (Å²) < 4.78 is 4.86. The maximum absolute atomic E-state index is 13.1. The van der Waals surface area contributed by atoms with Crippen LogP contribution in [0.15, 0.2) is 65.4 Å². The van der Waals surface area contributed by atoms with Crippen molar-refractivity contribution < 1.29 is 19.2 Å². The van der Waals surface area contributed by atoms with Crippen molar-refractivity contribution in [1.82, 2.24) is 4.90 Å². The first-order valence-electron chi connectivity index (χ1n) is 8.95. The first kappa shape index (κ1) is 20.0. The van der Waals surface area contributed by atoms with E-state index in [4.69, 9.17) is 4.74 Å². The van der Waals surface area contributed by atoms with Gasteiger partial charge in [0.1, 0.15) is 0 Å². The molecule has 7 nitrogen and oxygen atoms in total. The molecular formula is C22H20N2O5. The summed E-state index contributed by atoms with van der Waals surface area (Å²) in [5, 5.41) is 11.3. The second-order valence-corrected chi connectivity index (χ2v) is 6.70. The smallest absolute Gasteiger partial charge is 0.340 e. The molecule has 0 spiro atoms. The number of para-hydroxylation sites is 1. The van der Waals surface area contributed by atoms with Crippen molar-refractivity contribution in [3.05, 3.63) is 92.2 Å². The monoisotopic (exact) mass is 392 g/mol. The minimum Gasteiger partial charge on any atom is -0.465 e. The van der Waals surface area contributed by atoms with Gasteiger partial charge in [0, 0.05) is 11.8 Å². The number of methoxy groups -OCH3 is 1. The molecule has 2 aromatic rings. The van der Waals surface area contributed by atoms with E-state index in [1.54, 1.807) is 19.1 Å². The molecule has 0 saturated heterocycles. The Labute approximate surface area is 168 Å². The summed E-state index contributed by atoms with van der Waals surface area (Å²) in [6, 6.07) is 13.8. The number of hydrogen-bond acceptors (Lipinski definition) is 5. The zero-order valence-corrected chi connectivity index (χ0v) is 16.3. The molecule has 0 radical (unpaired) electrons. The summed E-state index contributed by atoms with van der Waals surface area (Å²) in [4.78, 5) is 37.8. The van der Waals surface area contributed by atoms with Crippen LogP contribution in [0, 0.1) is 17.0 Å². The average molecular weight is 392 g/mol. The number of hydrogen-bond donors (Lipinski definition) is 0. The van der Waals surface area contributed by atoms with Gasteiger partial charge in [0.05, 0.1) is 35.3 Å². The summed E-state index contributed by atoms with van der Waals surface area (Å²) in [6.45, 7) is 3.91. The molecule has 0 aliphatic carbocycles. The molecule has 148 valence electrons. The molecular weight excluding hydrogens is 372 g/mol. The van der Waals surface area contributed by atoms with Gasteiger partial charge in [0.2, 0.25) is 0 Å². The van der Waals surface area contributed by atoms with Gasteiger partial charge in [-0.2, -0.15) is 0 Å². The molecule has 0 unspecified atom stereocenters. The normalized spacial score (nSPS) is 15.2. The number of carbonyl (C=O) groups excluding carboxylic acids is 2. The molecule has 2 aromatic carbocycles. The predicted octanol–water partition coefficient (Wildman–Crippen LogP) is 3.78. The molecule has 0 saturated carbocycles.